The lowest BCUT2D eigenvalue weighted by Crippen LogP contribution is -2.32. The first-order valence-corrected chi connectivity index (χ1v) is 13.3. The molecule has 0 fully saturated rings. The van der Waals surface area contributed by atoms with E-state index in [9.17, 15) is 9.90 Å². The molecule has 0 saturated carbocycles. The fraction of sp³-hybridized carbons (Fsp3) is 0.148. The second kappa shape index (κ2) is 8.62. The highest BCUT2D eigenvalue weighted by Gasteiger charge is 2.39. The molecule has 3 aromatic carbocycles. The van der Waals surface area contributed by atoms with E-state index in [0.717, 1.165) is 36.5 Å². The zero-order valence-electron chi connectivity index (χ0n) is 19.1. The standard InChI is InChI=1S/C27H20Br2N4O2S/c1-32-25(30-31-26(32)36)27(35,17-5-7-19(28)8-6-17)18-11-16-9-10-33-23(34)14-21(22(13-18)24(16)33)15-3-2-4-20(29)12-15/h2-8,11-14,35H,9-10H2,1H3,(H,31,36). The van der Waals surface area contributed by atoms with Gasteiger partial charge in [-0.3, -0.25) is 9.89 Å². The van der Waals surface area contributed by atoms with Gasteiger partial charge in [-0.2, -0.15) is 5.10 Å². The van der Waals surface area contributed by atoms with Crippen LogP contribution in [0.2, 0.25) is 0 Å². The summed E-state index contributed by atoms with van der Waals surface area (Å²) >= 11 is 12.4. The molecule has 3 heterocycles. The lowest BCUT2D eigenvalue weighted by atomic mass is 9.83. The molecule has 0 spiro atoms. The molecule has 0 amide bonds. The largest absolute Gasteiger partial charge is 0.373 e. The molecule has 1 unspecified atom stereocenters. The third-order valence-corrected chi connectivity index (χ3v) is 8.29. The number of aliphatic hydroxyl groups is 1. The molecule has 6 nitrogen and oxygen atoms in total. The van der Waals surface area contributed by atoms with Crippen molar-refractivity contribution in [3.05, 3.63) is 113 Å². The molecule has 0 radical (unpaired) electrons. The van der Waals surface area contributed by atoms with E-state index < -0.39 is 5.60 Å². The minimum atomic E-state index is -1.59. The summed E-state index contributed by atoms with van der Waals surface area (Å²) in [6.07, 6.45) is 0.705. The summed E-state index contributed by atoms with van der Waals surface area (Å²) in [4.78, 5) is 13.0. The number of H-pyrrole nitrogens is 1. The molecule has 1 atom stereocenters. The van der Waals surface area contributed by atoms with Crippen molar-refractivity contribution >= 4 is 55.0 Å². The first kappa shape index (κ1) is 23.5. The van der Waals surface area contributed by atoms with Crippen LogP contribution in [0.1, 0.15) is 22.5 Å². The lowest BCUT2D eigenvalue weighted by molar-refractivity contribution is 0.112. The molecule has 1 aliphatic heterocycles. The van der Waals surface area contributed by atoms with E-state index in [1.165, 1.54) is 0 Å². The summed E-state index contributed by atoms with van der Waals surface area (Å²) < 4.78 is 5.76. The number of rotatable bonds is 4. The number of pyridine rings is 1. The van der Waals surface area contributed by atoms with Crippen LogP contribution in [0.3, 0.4) is 0 Å². The van der Waals surface area contributed by atoms with Crippen molar-refractivity contribution in [3.8, 4) is 11.1 Å². The number of halogens is 2. The van der Waals surface area contributed by atoms with Crippen LogP contribution >= 0.6 is 44.1 Å². The van der Waals surface area contributed by atoms with Crippen LogP contribution in [0.25, 0.3) is 22.0 Å². The number of benzene rings is 3. The van der Waals surface area contributed by atoms with Crippen LogP contribution in [-0.2, 0) is 25.6 Å². The average Bonchev–Trinajstić information content (AvgIpc) is 3.45. The Morgan fingerprint density at radius 3 is 2.50 bits per heavy atom. The Bertz CT molecular complexity index is 1790. The van der Waals surface area contributed by atoms with E-state index in [1.54, 1.807) is 17.7 Å². The summed E-state index contributed by atoms with van der Waals surface area (Å²) in [7, 11) is 1.79. The normalized spacial score (nSPS) is 14.3. The molecular weight excluding hydrogens is 604 g/mol. The van der Waals surface area contributed by atoms with Crippen LogP contribution in [0.4, 0.5) is 0 Å². The van der Waals surface area contributed by atoms with Crippen molar-refractivity contribution in [3.63, 3.8) is 0 Å². The number of nitrogens with one attached hydrogen (secondary N) is 1. The Kier molecular flexibility index (Phi) is 5.64. The Balaban J connectivity index is 1.71. The Morgan fingerprint density at radius 2 is 1.81 bits per heavy atom. The Labute approximate surface area is 228 Å². The topological polar surface area (TPSA) is 75.8 Å². The van der Waals surface area contributed by atoms with Gasteiger partial charge in [-0.25, -0.2) is 0 Å². The van der Waals surface area contributed by atoms with E-state index in [1.807, 2.05) is 65.2 Å². The van der Waals surface area contributed by atoms with Gasteiger partial charge < -0.3 is 14.2 Å². The fourth-order valence-corrected chi connectivity index (χ4v) is 5.94. The molecule has 0 bridgehead atoms. The molecule has 6 rings (SSSR count). The Hall–Kier alpha value is -2.85. The predicted octanol–water partition coefficient (Wildman–Crippen LogP) is 5.82. The van der Waals surface area contributed by atoms with Gasteiger partial charge in [0.25, 0.3) is 5.56 Å². The van der Waals surface area contributed by atoms with Crippen molar-refractivity contribution in [2.24, 2.45) is 7.05 Å². The van der Waals surface area contributed by atoms with E-state index in [-0.39, 0.29) is 5.56 Å². The van der Waals surface area contributed by atoms with Gasteiger partial charge in [-0.15, -0.1) is 0 Å². The second-order valence-corrected chi connectivity index (χ2v) is 11.2. The van der Waals surface area contributed by atoms with Crippen LogP contribution in [-0.4, -0.2) is 24.4 Å². The molecule has 180 valence electrons. The number of hydrogen-bond acceptors (Lipinski definition) is 4. The van der Waals surface area contributed by atoms with Gasteiger partial charge in [0.15, 0.2) is 16.2 Å². The zero-order valence-corrected chi connectivity index (χ0v) is 23.1. The summed E-state index contributed by atoms with van der Waals surface area (Å²) in [6.45, 7) is 0.607. The summed E-state index contributed by atoms with van der Waals surface area (Å²) in [6, 6.07) is 21.1. The molecule has 2 aromatic heterocycles. The maximum absolute atomic E-state index is 13.0. The van der Waals surface area contributed by atoms with Crippen molar-refractivity contribution in [2.75, 3.05) is 0 Å². The number of aryl methyl sites for hydroxylation is 2. The molecular formula is C27H20Br2N4O2S. The number of nitrogens with zero attached hydrogens (tertiary/aromatic N) is 3. The third-order valence-electron chi connectivity index (χ3n) is 6.91. The highest BCUT2D eigenvalue weighted by Crippen LogP contribution is 2.41. The first-order valence-electron chi connectivity index (χ1n) is 11.3. The van der Waals surface area contributed by atoms with Gasteiger partial charge in [0.05, 0.1) is 5.52 Å². The van der Waals surface area contributed by atoms with Crippen LogP contribution in [0.5, 0.6) is 0 Å². The van der Waals surface area contributed by atoms with Gasteiger partial charge in [-0.1, -0.05) is 56.1 Å². The molecule has 36 heavy (non-hydrogen) atoms. The van der Waals surface area contributed by atoms with Crippen LogP contribution in [0.15, 0.2) is 80.5 Å². The smallest absolute Gasteiger partial charge is 0.251 e. The monoisotopic (exact) mass is 622 g/mol. The van der Waals surface area contributed by atoms with Crippen molar-refractivity contribution < 1.29 is 5.11 Å². The van der Waals surface area contributed by atoms with Crippen molar-refractivity contribution in [1.29, 1.82) is 0 Å². The number of aromatic amines is 1. The van der Waals surface area contributed by atoms with Gasteiger partial charge in [-0.05, 0) is 82.9 Å². The van der Waals surface area contributed by atoms with Gasteiger partial charge in [0, 0.05) is 34.0 Å². The zero-order chi connectivity index (χ0) is 25.2. The average molecular weight is 624 g/mol. The minimum Gasteiger partial charge on any atom is -0.373 e. The van der Waals surface area contributed by atoms with E-state index >= 15 is 0 Å². The van der Waals surface area contributed by atoms with Gasteiger partial charge in [0.1, 0.15) is 0 Å². The maximum Gasteiger partial charge on any atom is 0.251 e. The second-order valence-electron chi connectivity index (χ2n) is 8.97. The SMILES string of the molecule is Cn1c(C(O)(c2ccc(Br)cc2)c2cc3c4c(c2)c(-c2cccc(Br)c2)cc(=O)n4CC3)n[nH]c1=S. The van der Waals surface area contributed by atoms with Crippen molar-refractivity contribution in [2.45, 2.75) is 18.6 Å². The summed E-state index contributed by atoms with van der Waals surface area (Å²) in [5, 5.41) is 20.7. The molecule has 2 N–H and O–H groups in total. The summed E-state index contributed by atoms with van der Waals surface area (Å²) in [5.74, 6) is 0.386. The molecule has 1 aliphatic rings. The molecule has 0 saturated heterocycles. The number of hydrogen-bond donors (Lipinski definition) is 2. The third kappa shape index (κ3) is 3.56. The highest BCUT2D eigenvalue weighted by molar-refractivity contribution is 9.10. The Morgan fingerprint density at radius 1 is 1.03 bits per heavy atom. The van der Waals surface area contributed by atoms with E-state index in [0.29, 0.717) is 34.7 Å². The lowest BCUT2D eigenvalue weighted by Gasteiger charge is -2.29. The highest BCUT2D eigenvalue weighted by atomic mass is 79.9. The maximum atomic E-state index is 13.0. The minimum absolute atomic E-state index is 0.0263. The number of aromatic nitrogens is 4. The van der Waals surface area contributed by atoms with Gasteiger partial charge in [0.2, 0.25) is 0 Å². The van der Waals surface area contributed by atoms with E-state index in [4.69, 9.17) is 12.2 Å². The van der Waals surface area contributed by atoms with E-state index in [2.05, 4.69) is 42.1 Å². The van der Waals surface area contributed by atoms with Crippen LogP contribution < -0.4 is 5.56 Å². The molecule has 5 aromatic rings. The van der Waals surface area contributed by atoms with Crippen molar-refractivity contribution in [1.82, 2.24) is 19.3 Å². The first-order chi connectivity index (χ1) is 17.3. The summed E-state index contributed by atoms with van der Waals surface area (Å²) in [5.41, 5.74) is 3.38. The fourth-order valence-electron chi connectivity index (χ4n) is 5.14. The van der Waals surface area contributed by atoms with Gasteiger partial charge >= 0.3 is 0 Å². The molecule has 9 heteroatoms. The quantitative estimate of drug-likeness (QED) is 0.247. The molecule has 0 aliphatic carbocycles. The predicted molar refractivity (Wildman–Crippen MR) is 150 cm³/mol. The van der Waals surface area contributed by atoms with Crippen LogP contribution in [0, 0.1) is 4.77 Å².